The largest absolute Gasteiger partial charge is 0.493 e. The molecule has 0 radical (unpaired) electrons. The Morgan fingerprint density at radius 2 is 1.89 bits per heavy atom. The van der Waals surface area contributed by atoms with Gasteiger partial charge in [0.2, 0.25) is 0 Å². The fourth-order valence-corrected chi connectivity index (χ4v) is 2.71. The number of nitro groups is 1. The lowest BCUT2D eigenvalue weighted by Gasteiger charge is -2.11. The van der Waals surface area contributed by atoms with Crippen LogP contribution in [0, 0.1) is 21.4 Å². The van der Waals surface area contributed by atoms with Gasteiger partial charge in [0.25, 0.3) is 5.69 Å². The molecule has 0 saturated heterocycles. The highest BCUT2D eigenvalue weighted by molar-refractivity contribution is 5.90. The van der Waals surface area contributed by atoms with E-state index in [-0.39, 0.29) is 5.69 Å². The first-order chi connectivity index (χ1) is 13.6. The number of rotatable bonds is 10. The molecule has 28 heavy (non-hydrogen) atoms. The van der Waals surface area contributed by atoms with E-state index in [2.05, 4.69) is 13.0 Å². The lowest BCUT2D eigenvalue weighted by molar-refractivity contribution is -0.384. The zero-order chi connectivity index (χ0) is 20.4. The van der Waals surface area contributed by atoms with E-state index in [0.29, 0.717) is 29.2 Å². The molecule has 0 atom stereocenters. The van der Waals surface area contributed by atoms with Crippen molar-refractivity contribution in [2.24, 2.45) is 0 Å². The van der Waals surface area contributed by atoms with Gasteiger partial charge in [-0.1, -0.05) is 32.3 Å². The van der Waals surface area contributed by atoms with Crippen LogP contribution in [0.5, 0.6) is 11.5 Å². The maximum atomic E-state index is 10.8. The van der Waals surface area contributed by atoms with Gasteiger partial charge in [0, 0.05) is 12.1 Å². The monoisotopic (exact) mass is 380 g/mol. The van der Waals surface area contributed by atoms with Gasteiger partial charge >= 0.3 is 0 Å². The van der Waals surface area contributed by atoms with E-state index in [9.17, 15) is 15.4 Å². The lowest BCUT2D eigenvalue weighted by Crippen LogP contribution is -1.99. The molecule has 0 saturated carbocycles. The van der Waals surface area contributed by atoms with E-state index in [1.165, 1.54) is 25.0 Å². The number of allylic oxidation sites excluding steroid dienone is 1. The third-order valence-corrected chi connectivity index (χ3v) is 4.26. The molecule has 0 amide bonds. The van der Waals surface area contributed by atoms with Crippen LogP contribution in [0.25, 0.3) is 11.6 Å². The minimum Gasteiger partial charge on any atom is -0.493 e. The molecule has 2 rings (SSSR count). The predicted molar refractivity (Wildman–Crippen MR) is 109 cm³/mol. The number of hydrogen-bond acceptors (Lipinski definition) is 5. The Kier molecular flexibility index (Phi) is 8.04. The topological polar surface area (TPSA) is 85.4 Å². The quantitative estimate of drug-likeness (QED) is 0.175. The average molecular weight is 380 g/mol. The summed E-state index contributed by atoms with van der Waals surface area (Å²) >= 11 is 0. The van der Waals surface area contributed by atoms with Crippen molar-refractivity contribution in [1.82, 2.24) is 0 Å². The third kappa shape index (κ3) is 5.85. The number of unbranched alkanes of at least 4 members (excludes halogenated alkanes) is 3. The highest BCUT2D eigenvalue weighted by Gasteiger charge is 2.09. The number of benzene rings is 2. The summed E-state index contributed by atoms with van der Waals surface area (Å²) in [7, 11) is 1.58. The van der Waals surface area contributed by atoms with Gasteiger partial charge in [0.1, 0.15) is 0 Å². The van der Waals surface area contributed by atoms with E-state index >= 15 is 0 Å². The van der Waals surface area contributed by atoms with Gasteiger partial charge in [-0.15, -0.1) is 0 Å². The van der Waals surface area contributed by atoms with Crippen molar-refractivity contribution >= 4 is 17.3 Å². The van der Waals surface area contributed by atoms with E-state index < -0.39 is 4.92 Å². The second-order valence-electron chi connectivity index (χ2n) is 6.29. The first-order valence-corrected chi connectivity index (χ1v) is 9.26. The van der Waals surface area contributed by atoms with E-state index in [1.807, 2.05) is 18.2 Å². The van der Waals surface area contributed by atoms with Crippen molar-refractivity contribution in [3.8, 4) is 17.6 Å². The van der Waals surface area contributed by atoms with Crippen LogP contribution in [-0.4, -0.2) is 18.6 Å². The molecule has 2 aromatic carbocycles. The summed E-state index contributed by atoms with van der Waals surface area (Å²) in [6, 6.07) is 13.5. The number of non-ortho nitro benzene ring substituents is 1. The first-order valence-electron chi connectivity index (χ1n) is 9.26. The van der Waals surface area contributed by atoms with Crippen LogP contribution in [0.1, 0.15) is 43.7 Å². The van der Waals surface area contributed by atoms with E-state index in [0.717, 1.165) is 18.4 Å². The number of methoxy groups -OCH3 is 1. The fraction of sp³-hybridized carbons (Fsp3) is 0.318. The number of hydrogen-bond donors (Lipinski definition) is 0. The molecule has 6 nitrogen and oxygen atoms in total. The normalized spacial score (nSPS) is 11.0. The van der Waals surface area contributed by atoms with E-state index in [4.69, 9.17) is 9.47 Å². The standard InChI is InChI=1S/C22H24N2O4/c1-3-4-5-6-13-28-21-12-7-17(15-22(21)27-2)14-19(16-23)18-8-10-20(11-9-18)24(25)26/h7-12,14-15H,3-6,13H2,1-2H3. The van der Waals surface area contributed by atoms with Gasteiger partial charge < -0.3 is 9.47 Å². The number of ether oxygens (including phenoxy) is 2. The molecule has 0 spiro atoms. The van der Waals surface area contributed by atoms with E-state index in [1.54, 1.807) is 25.3 Å². The second-order valence-corrected chi connectivity index (χ2v) is 6.29. The molecule has 6 heteroatoms. The summed E-state index contributed by atoms with van der Waals surface area (Å²) in [4.78, 5) is 10.3. The number of nitriles is 1. The van der Waals surface area contributed by atoms with Crippen molar-refractivity contribution < 1.29 is 14.4 Å². The van der Waals surface area contributed by atoms with Gasteiger partial charge in [-0.05, 0) is 47.9 Å². The maximum Gasteiger partial charge on any atom is 0.269 e. The van der Waals surface area contributed by atoms with Crippen LogP contribution < -0.4 is 9.47 Å². The maximum absolute atomic E-state index is 10.8. The molecule has 0 aliphatic carbocycles. The molecule has 0 unspecified atom stereocenters. The molecule has 0 bridgehead atoms. The fourth-order valence-electron chi connectivity index (χ4n) is 2.71. The molecule has 0 fully saturated rings. The summed E-state index contributed by atoms with van der Waals surface area (Å²) in [6.45, 7) is 2.81. The molecule has 146 valence electrons. The van der Waals surface area contributed by atoms with Crippen LogP contribution in [-0.2, 0) is 0 Å². The molecule has 0 aliphatic rings. The molecule has 0 heterocycles. The van der Waals surface area contributed by atoms with Crippen LogP contribution >= 0.6 is 0 Å². The third-order valence-electron chi connectivity index (χ3n) is 4.26. The molecular weight excluding hydrogens is 356 g/mol. The lowest BCUT2D eigenvalue weighted by atomic mass is 10.0. The van der Waals surface area contributed by atoms with Crippen molar-refractivity contribution in [2.45, 2.75) is 32.6 Å². The number of nitrogens with zero attached hydrogens (tertiary/aromatic N) is 2. The zero-order valence-corrected chi connectivity index (χ0v) is 16.2. The number of nitro benzene ring substituents is 1. The Balaban J connectivity index is 2.16. The van der Waals surface area contributed by atoms with Crippen molar-refractivity contribution in [2.75, 3.05) is 13.7 Å². The van der Waals surface area contributed by atoms with Crippen LogP contribution in [0.2, 0.25) is 0 Å². The first kappa shape index (κ1) is 21.0. The van der Waals surface area contributed by atoms with Crippen LogP contribution in [0.3, 0.4) is 0 Å². The summed E-state index contributed by atoms with van der Waals surface area (Å²) < 4.78 is 11.2. The summed E-state index contributed by atoms with van der Waals surface area (Å²) in [6.07, 6.45) is 6.23. The van der Waals surface area contributed by atoms with Crippen LogP contribution in [0.15, 0.2) is 42.5 Å². The van der Waals surface area contributed by atoms with Gasteiger partial charge in [-0.25, -0.2) is 0 Å². The average Bonchev–Trinajstić information content (AvgIpc) is 2.72. The Morgan fingerprint density at radius 1 is 1.14 bits per heavy atom. The smallest absolute Gasteiger partial charge is 0.269 e. The molecule has 2 aromatic rings. The van der Waals surface area contributed by atoms with Gasteiger partial charge in [-0.3, -0.25) is 10.1 Å². The Morgan fingerprint density at radius 3 is 2.50 bits per heavy atom. The summed E-state index contributed by atoms with van der Waals surface area (Å²) in [5, 5.41) is 20.3. The molecule has 0 aromatic heterocycles. The summed E-state index contributed by atoms with van der Waals surface area (Å²) in [5.74, 6) is 1.27. The van der Waals surface area contributed by atoms with Gasteiger partial charge in [0.15, 0.2) is 11.5 Å². The minimum absolute atomic E-state index is 0.0110. The van der Waals surface area contributed by atoms with Crippen molar-refractivity contribution in [3.63, 3.8) is 0 Å². The Labute approximate surface area is 165 Å². The summed E-state index contributed by atoms with van der Waals surface area (Å²) in [5.41, 5.74) is 1.79. The SMILES string of the molecule is CCCCCCOc1ccc(C=C(C#N)c2ccc([N+](=O)[O-])cc2)cc1OC. The minimum atomic E-state index is -0.467. The van der Waals surface area contributed by atoms with Gasteiger partial charge in [0.05, 0.1) is 30.3 Å². The Hall–Kier alpha value is -3.33. The highest BCUT2D eigenvalue weighted by Crippen LogP contribution is 2.30. The molecule has 0 aliphatic heterocycles. The Bertz CT molecular complexity index is 867. The zero-order valence-electron chi connectivity index (χ0n) is 16.2. The molecule has 0 N–H and O–H groups in total. The van der Waals surface area contributed by atoms with Crippen molar-refractivity contribution in [1.29, 1.82) is 5.26 Å². The van der Waals surface area contributed by atoms with Crippen molar-refractivity contribution in [3.05, 3.63) is 63.7 Å². The second kappa shape index (κ2) is 10.7. The van der Waals surface area contributed by atoms with Crippen LogP contribution in [0.4, 0.5) is 5.69 Å². The highest BCUT2D eigenvalue weighted by atomic mass is 16.6. The van der Waals surface area contributed by atoms with Gasteiger partial charge in [-0.2, -0.15) is 5.26 Å². The predicted octanol–water partition coefficient (Wildman–Crippen LogP) is 5.63. The molecular formula is C22H24N2O4.